The van der Waals surface area contributed by atoms with Crippen molar-refractivity contribution in [1.82, 2.24) is 20.4 Å². The first-order valence-electron chi connectivity index (χ1n) is 6.39. The van der Waals surface area contributed by atoms with Gasteiger partial charge < -0.3 is 0 Å². The highest BCUT2D eigenvalue weighted by Gasteiger charge is 2.07. The van der Waals surface area contributed by atoms with Gasteiger partial charge in [0.25, 0.3) is 5.91 Å². The Kier molecular flexibility index (Phi) is 3.74. The molecular formula is C14H13N5OS. The number of benzene rings is 1. The summed E-state index contributed by atoms with van der Waals surface area (Å²) in [6, 6.07) is 11.5. The van der Waals surface area contributed by atoms with Crippen LogP contribution in [0.4, 0.5) is 0 Å². The minimum Gasteiger partial charge on any atom is -0.271 e. The highest BCUT2D eigenvalue weighted by atomic mass is 32.1. The lowest BCUT2D eigenvalue weighted by molar-refractivity contribution is -0.121. The van der Waals surface area contributed by atoms with Crippen molar-refractivity contribution in [2.45, 2.75) is 13.5 Å². The molecule has 0 aliphatic heterocycles. The fourth-order valence-electron chi connectivity index (χ4n) is 1.90. The van der Waals surface area contributed by atoms with E-state index in [-0.39, 0.29) is 12.5 Å². The minimum atomic E-state index is -0.241. The summed E-state index contributed by atoms with van der Waals surface area (Å²) in [6.07, 6.45) is 1.63. The Balaban J connectivity index is 1.63. The summed E-state index contributed by atoms with van der Waals surface area (Å²) in [7, 11) is 0. The van der Waals surface area contributed by atoms with Gasteiger partial charge in [-0.2, -0.15) is 5.10 Å². The number of nitrogens with zero attached hydrogens (tertiary/aromatic N) is 4. The quantitative estimate of drug-likeness (QED) is 0.591. The van der Waals surface area contributed by atoms with Gasteiger partial charge in [-0.3, -0.25) is 4.79 Å². The lowest BCUT2D eigenvalue weighted by atomic mass is 10.3. The van der Waals surface area contributed by atoms with E-state index in [0.29, 0.717) is 0 Å². The zero-order valence-corrected chi connectivity index (χ0v) is 12.2. The number of thiophene rings is 1. The number of para-hydroxylation sites is 1. The van der Waals surface area contributed by atoms with Crippen LogP contribution < -0.4 is 5.43 Å². The molecule has 106 valence electrons. The Hall–Kier alpha value is -2.54. The molecule has 0 radical (unpaired) electrons. The predicted molar refractivity (Wildman–Crippen MR) is 82.3 cm³/mol. The normalized spacial score (nSPS) is 11.3. The van der Waals surface area contributed by atoms with Gasteiger partial charge in [0.2, 0.25) is 0 Å². The average Bonchev–Trinajstić information content (AvgIpc) is 3.06. The maximum atomic E-state index is 11.8. The van der Waals surface area contributed by atoms with Crippen molar-refractivity contribution in [3.8, 4) is 0 Å². The molecule has 0 aliphatic carbocycles. The molecule has 3 aromatic rings. The van der Waals surface area contributed by atoms with Crippen molar-refractivity contribution in [2.75, 3.05) is 0 Å². The number of hydrazone groups is 1. The van der Waals surface area contributed by atoms with Crippen LogP contribution in [0.25, 0.3) is 11.0 Å². The predicted octanol–water partition coefficient (Wildman–Crippen LogP) is 1.95. The lowest BCUT2D eigenvalue weighted by Crippen LogP contribution is -2.23. The van der Waals surface area contributed by atoms with Crippen LogP contribution in [0.5, 0.6) is 0 Å². The first kappa shape index (κ1) is 13.4. The third-order valence-corrected chi connectivity index (χ3v) is 3.79. The van der Waals surface area contributed by atoms with E-state index in [2.05, 4.69) is 20.8 Å². The summed E-state index contributed by atoms with van der Waals surface area (Å²) in [5, 5.41) is 11.9. The molecule has 6 nitrogen and oxygen atoms in total. The summed E-state index contributed by atoms with van der Waals surface area (Å²) in [5.41, 5.74) is 4.08. The summed E-state index contributed by atoms with van der Waals surface area (Å²) in [4.78, 5) is 14.0. The smallest absolute Gasteiger partial charge is 0.261 e. The van der Waals surface area contributed by atoms with Gasteiger partial charge >= 0.3 is 0 Å². The zero-order valence-electron chi connectivity index (χ0n) is 11.4. The number of carbonyl (C=O) groups excluding carboxylic acids is 1. The monoisotopic (exact) mass is 299 g/mol. The largest absolute Gasteiger partial charge is 0.271 e. The molecule has 0 spiro atoms. The average molecular weight is 299 g/mol. The number of carbonyl (C=O) groups is 1. The van der Waals surface area contributed by atoms with Crippen LogP contribution in [0.15, 0.2) is 41.5 Å². The van der Waals surface area contributed by atoms with Crippen LogP contribution in [0.2, 0.25) is 0 Å². The summed E-state index contributed by atoms with van der Waals surface area (Å²) >= 11 is 1.62. The maximum absolute atomic E-state index is 11.8. The van der Waals surface area contributed by atoms with Crippen LogP contribution in [0.3, 0.4) is 0 Å². The standard InChI is InChI=1S/C14H13N5OS/c1-10-6-7-11(21-10)8-15-17-14(20)9-19-13-5-3-2-4-12(13)16-18-19/h2-8H,9H2,1H3,(H,17,20)/b15-8-. The van der Waals surface area contributed by atoms with Gasteiger partial charge in [0.15, 0.2) is 0 Å². The molecule has 1 amide bonds. The number of fused-ring (bicyclic) bond motifs is 1. The second kappa shape index (κ2) is 5.84. The van der Waals surface area contributed by atoms with Crippen LogP contribution in [-0.4, -0.2) is 27.1 Å². The molecule has 0 saturated heterocycles. The SMILES string of the molecule is Cc1ccc(/C=N\NC(=O)Cn2nnc3ccccc32)s1. The molecule has 0 saturated carbocycles. The van der Waals surface area contributed by atoms with E-state index in [0.717, 1.165) is 15.9 Å². The van der Waals surface area contributed by atoms with Gasteiger partial charge in [-0.15, -0.1) is 16.4 Å². The number of rotatable bonds is 4. The van der Waals surface area contributed by atoms with E-state index in [1.165, 1.54) is 4.88 Å². The number of hydrogen-bond donors (Lipinski definition) is 1. The Bertz CT molecular complexity index is 804. The van der Waals surface area contributed by atoms with E-state index in [9.17, 15) is 4.79 Å². The number of hydrogen-bond acceptors (Lipinski definition) is 5. The zero-order chi connectivity index (χ0) is 14.7. The van der Waals surface area contributed by atoms with Crippen molar-refractivity contribution in [1.29, 1.82) is 0 Å². The van der Waals surface area contributed by atoms with Crippen LogP contribution in [-0.2, 0) is 11.3 Å². The van der Waals surface area contributed by atoms with Crippen molar-refractivity contribution >= 4 is 34.5 Å². The first-order chi connectivity index (χ1) is 10.2. The molecular weight excluding hydrogens is 286 g/mol. The number of aryl methyl sites for hydroxylation is 1. The van der Waals surface area contributed by atoms with Crippen molar-refractivity contribution in [2.24, 2.45) is 5.10 Å². The number of amides is 1. The van der Waals surface area contributed by atoms with Gasteiger partial charge in [-0.25, -0.2) is 10.1 Å². The highest BCUT2D eigenvalue weighted by Crippen LogP contribution is 2.12. The van der Waals surface area contributed by atoms with E-state index in [1.54, 1.807) is 22.2 Å². The van der Waals surface area contributed by atoms with E-state index >= 15 is 0 Å². The highest BCUT2D eigenvalue weighted by molar-refractivity contribution is 7.13. The molecule has 0 fully saturated rings. The Morgan fingerprint density at radius 1 is 1.38 bits per heavy atom. The fourth-order valence-corrected chi connectivity index (χ4v) is 2.65. The van der Waals surface area contributed by atoms with E-state index in [1.807, 2.05) is 43.3 Å². The third kappa shape index (κ3) is 3.14. The number of nitrogens with one attached hydrogen (secondary N) is 1. The summed E-state index contributed by atoms with van der Waals surface area (Å²) in [6.45, 7) is 2.11. The van der Waals surface area contributed by atoms with Crippen LogP contribution in [0, 0.1) is 6.92 Å². The molecule has 0 bridgehead atoms. The molecule has 0 aliphatic rings. The fraction of sp³-hybridized carbons (Fsp3) is 0.143. The van der Waals surface area contributed by atoms with Gasteiger partial charge in [-0.05, 0) is 31.2 Å². The van der Waals surface area contributed by atoms with Crippen molar-refractivity contribution in [3.63, 3.8) is 0 Å². The van der Waals surface area contributed by atoms with Crippen LogP contribution >= 0.6 is 11.3 Å². The van der Waals surface area contributed by atoms with E-state index < -0.39 is 0 Å². The Labute approximate surface area is 125 Å². The molecule has 1 N–H and O–H groups in total. The molecule has 1 aromatic carbocycles. The van der Waals surface area contributed by atoms with E-state index in [4.69, 9.17) is 0 Å². The second-order valence-corrected chi connectivity index (χ2v) is 5.80. The summed E-state index contributed by atoms with van der Waals surface area (Å²) < 4.78 is 1.55. The second-order valence-electron chi connectivity index (χ2n) is 4.48. The Morgan fingerprint density at radius 2 is 2.24 bits per heavy atom. The maximum Gasteiger partial charge on any atom is 0.261 e. The molecule has 0 atom stereocenters. The first-order valence-corrected chi connectivity index (χ1v) is 7.20. The van der Waals surface area contributed by atoms with Gasteiger partial charge in [0, 0.05) is 9.75 Å². The molecule has 0 unspecified atom stereocenters. The molecule has 2 heterocycles. The molecule has 21 heavy (non-hydrogen) atoms. The minimum absolute atomic E-state index is 0.0846. The third-order valence-electron chi connectivity index (χ3n) is 2.86. The molecule has 2 aromatic heterocycles. The van der Waals surface area contributed by atoms with Gasteiger partial charge in [0.1, 0.15) is 12.1 Å². The topological polar surface area (TPSA) is 72.2 Å². The van der Waals surface area contributed by atoms with Gasteiger partial charge in [0.05, 0.1) is 11.7 Å². The van der Waals surface area contributed by atoms with Crippen LogP contribution in [0.1, 0.15) is 9.75 Å². The molecule has 7 heteroatoms. The summed E-state index contributed by atoms with van der Waals surface area (Å²) in [5.74, 6) is -0.241. The number of aromatic nitrogens is 3. The Morgan fingerprint density at radius 3 is 3.05 bits per heavy atom. The van der Waals surface area contributed by atoms with Crippen molar-refractivity contribution < 1.29 is 4.79 Å². The van der Waals surface area contributed by atoms with Crippen molar-refractivity contribution in [3.05, 3.63) is 46.2 Å². The van der Waals surface area contributed by atoms with Gasteiger partial charge in [-0.1, -0.05) is 17.3 Å². The lowest BCUT2D eigenvalue weighted by Gasteiger charge is -2.00. The molecule has 3 rings (SSSR count).